The highest BCUT2D eigenvalue weighted by atomic mass is 35.5. The Balaban J connectivity index is 1.76. The van der Waals surface area contributed by atoms with Crippen LogP contribution >= 0.6 is 11.6 Å². The minimum Gasteiger partial charge on any atom is -0.393 e. The minimum absolute atomic E-state index is 0.110. The summed E-state index contributed by atoms with van der Waals surface area (Å²) in [6, 6.07) is 14.1. The molecular formula is C18H20ClNO3S. The molecule has 0 aromatic heterocycles. The van der Waals surface area contributed by atoms with Gasteiger partial charge < -0.3 is 5.11 Å². The maximum Gasteiger partial charge on any atom is 0.240 e. The second kappa shape index (κ2) is 7.23. The molecule has 3 rings (SSSR count). The van der Waals surface area contributed by atoms with Crippen LogP contribution in [0.2, 0.25) is 5.02 Å². The Hall–Kier alpha value is -1.40. The zero-order valence-electron chi connectivity index (χ0n) is 13.2. The highest BCUT2D eigenvalue weighted by molar-refractivity contribution is 7.89. The summed E-state index contributed by atoms with van der Waals surface area (Å²) in [5, 5.41) is 10.1. The lowest BCUT2D eigenvalue weighted by Crippen LogP contribution is -2.38. The molecule has 1 saturated carbocycles. The number of sulfonamides is 1. The van der Waals surface area contributed by atoms with E-state index < -0.39 is 10.0 Å². The van der Waals surface area contributed by atoms with Crippen molar-refractivity contribution < 1.29 is 13.5 Å². The Morgan fingerprint density at radius 1 is 0.958 bits per heavy atom. The molecule has 0 spiro atoms. The van der Waals surface area contributed by atoms with E-state index in [0.29, 0.717) is 30.7 Å². The van der Waals surface area contributed by atoms with Gasteiger partial charge in [-0.05, 0) is 49.4 Å². The lowest BCUT2D eigenvalue weighted by Gasteiger charge is -2.26. The monoisotopic (exact) mass is 365 g/mol. The van der Waals surface area contributed by atoms with Gasteiger partial charge >= 0.3 is 0 Å². The third-order valence-electron chi connectivity index (χ3n) is 4.37. The largest absolute Gasteiger partial charge is 0.393 e. The predicted molar refractivity (Wildman–Crippen MR) is 95.5 cm³/mol. The Labute approximate surface area is 147 Å². The van der Waals surface area contributed by atoms with E-state index in [1.165, 1.54) is 0 Å². The Kier molecular flexibility index (Phi) is 5.25. The highest BCUT2D eigenvalue weighted by Crippen LogP contribution is 2.28. The molecule has 0 aliphatic heterocycles. The van der Waals surface area contributed by atoms with Crippen LogP contribution in [0, 0.1) is 0 Å². The van der Waals surface area contributed by atoms with Gasteiger partial charge in [0.1, 0.15) is 0 Å². The van der Waals surface area contributed by atoms with E-state index in [1.54, 1.807) is 30.3 Å². The molecule has 0 saturated heterocycles. The molecule has 4 nitrogen and oxygen atoms in total. The van der Waals surface area contributed by atoms with Crippen LogP contribution in [-0.2, 0) is 10.0 Å². The molecule has 2 aromatic rings. The molecule has 0 heterocycles. The summed E-state index contributed by atoms with van der Waals surface area (Å²) in [5.74, 6) is 0. The fourth-order valence-electron chi connectivity index (χ4n) is 2.99. The van der Waals surface area contributed by atoms with E-state index in [4.69, 9.17) is 11.6 Å². The standard InChI is InChI=1S/C18H20ClNO3S/c19-18-4-2-1-3-17(18)13-5-11-16(12-6-13)24(22,23)20-14-7-9-15(21)10-8-14/h1-6,11-12,14-15,20-21H,7-10H2/t14-,15-. The van der Waals surface area contributed by atoms with Crippen LogP contribution in [0.15, 0.2) is 53.4 Å². The lowest BCUT2D eigenvalue weighted by molar-refractivity contribution is 0.120. The van der Waals surface area contributed by atoms with E-state index >= 15 is 0 Å². The molecule has 0 radical (unpaired) electrons. The topological polar surface area (TPSA) is 66.4 Å². The minimum atomic E-state index is -3.55. The number of benzene rings is 2. The SMILES string of the molecule is O=S(=O)(N[C@H]1CC[C@H](O)CC1)c1ccc(-c2ccccc2Cl)cc1. The van der Waals surface area contributed by atoms with Crippen molar-refractivity contribution in [1.82, 2.24) is 4.72 Å². The number of nitrogens with one attached hydrogen (secondary N) is 1. The Bertz CT molecular complexity index is 797. The van der Waals surface area contributed by atoms with Gasteiger partial charge in [0, 0.05) is 16.6 Å². The molecule has 0 atom stereocenters. The first-order valence-corrected chi connectivity index (χ1v) is 9.87. The first kappa shape index (κ1) is 17.4. The van der Waals surface area contributed by atoms with E-state index in [-0.39, 0.29) is 17.0 Å². The fraction of sp³-hybridized carbons (Fsp3) is 0.333. The summed E-state index contributed by atoms with van der Waals surface area (Å²) in [4.78, 5) is 0.240. The summed E-state index contributed by atoms with van der Waals surface area (Å²) in [5.41, 5.74) is 1.75. The molecule has 2 N–H and O–H groups in total. The van der Waals surface area contributed by atoms with Gasteiger partial charge in [0.2, 0.25) is 10.0 Å². The number of halogens is 1. The molecular weight excluding hydrogens is 346 g/mol. The molecule has 0 unspecified atom stereocenters. The van der Waals surface area contributed by atoms with Gasteiger partial charge in [0.15, 0.2) is 0 Å². The summed E-state index contributed by atoms with van der Waals surface area (Å²) >= 11 is 6.18. The van der Waals surface area contributed by atoms with Crippen LogP contribution in [0.5, 0.6) is 0 Å². The zero-order valence-corrected chi connectivity index (χ0v) is 14.7. The van der Waals surface area contributed by atoms with Crippen LogP contribution in [-0.4, -0.2) is 25.7 Å². The average molecular weight is 366 g/mol. The van der Waals surface area contributed by atoms with E-state index in [0.717, 1.165) is 11.1 Å². The number of aliphatic hydroxyl groups excluding tert-OH is 1. The summed E-state index contributed by atoms with van der Waals surface area (Å²) in [6.45, 7) is 0. The molecule has 0 amide bonds. The third kappa shape index (κ3) is 3.98. The molecule has 0 bridgehead atoms. The van der Waals surface area contributed by atoms with Crippen LogP contribution in [0.1, 0.15) is 25.7 Å². The van der Waals surface area contributed by atoms with Crippen LogP contribution in [0.25, 0.3) is 11.1 Å². The van der Waals surface area contributed by atoms with Gasteiger partial charge in [-0.25, -0.2) is 13.1 Å². The van der Waals surface area contributed by atoms with Crippen molar-refractivity contribution in [3.8, 4) is 11.1 Å². The first-order chi connectivity index (χ1) is 11.5. The van der Waals surface area contributed by atoms with Crippen LogP contribution < -0.4 is 4.72 Å². The first-order valence-electron chi connectivity index (χ1n) is 8.01. The molecule has 2 aromatic carbocycles. The molecule has 24 heavy (non-hydrogen) atoms. The maximum atomic E-state index is 12.5. The van der Waals surface area contributed by atoms with Gasteiger partial charge in [-0.2, -0.15) is 0 Å². The fourth-order valence-corrected chi connectivity index (χ4v) is 4.54. The summed E-state index contributed by atoms with van der Waals surface area (Å²) < 4.78 is 27.7. The molecule has 1 aliphatic rings. The number of aliphatic hydroxyl groups is 1. The van der Waals surface area contributed by atoms with Crippen molar-refractivity contribution >= 4 is 21.6 Å². The Morgan fingerprint density at radius 3 is 2.21 bits per heavy atom. The van der Waals surface area contributed by atoms with Crippen LogP contribution in [0.4, 0.5) is 0 Å². The van der Waals surface area contributed by atoms with Gasteiger partial charge in [-0.1, -0.05) is 41.9 Å². The highest BCUT2D eigenvalue weighted by Gasteiger charge is 2.24. The van der Waals surface area contributed by atoms with Crippen LogP contribution in [0.3, 0.4) is 0 Å². The second-order valence-electron chi connectivity index (χ2n) is 6.13. The van der Waals surface area contributed by atoms with E-state index in [9.17, 15) is 13.5 Å². The van der Waals surface area contributed by atoms with Crippen molar-refractivity contribution in [1.29, 1.82) is 0 Å². The normalized spacial score (nSPS) is 21.6. The summed E-state index contributed by atoms with van der Waals surface area (Å²) in [7, 11) is -3.55. The van der Waals surface area contributed by atoms with Crippen molar-refractivity contribution in [2.24, 2.45) is 0 Å². The lowest BCUT2D eigenvalue weighted by atomic mass is 9.94. The predicted octanol–water partition coefficient (Wildman–Crippen LogP) is 3.59. The smallest absolute Gasteiger partial charge is 0.240 e. The maximum absolute atomic E-state index is 12.5. The van der Waals surface area contributed by atoms with Gasteiger partial charge in [-0.3, -0.25) is 0 Å². The van der Waals surface area contributed by atoms with Gasteiger partial charge in [0.05, 0.1) is 11.0 Å². The number of rotatable bonds is 4. The van der Waals surface area contributed by atoms with E-state index in [2.05, 4.69) is 4.72 Å². The second-order valence-corrected chi connectivity index (χ2v) is 8.25. The van der Waals surface area contributed by atoms with E-state index in [1.807, 2.05) is 18.2 Å². The Morgan fingerprint density at radius 2 is 1.58 bits per heavy atom. The summed E-state index contributed by atoms with van der Waals surface area (Å²) in [6.07, 6.45) is 2.30. The molecule has 1 aliphatic carbocycles. The van der Waals surface area contributed by atoms with Gasteiger partial charge in [-0.15, -0.1) is 0 Å². The molecule has 6 heteroatoms. The van der Waals surface area contributed by atoms with Crippen molar-refractivity contribution in [2.75, 3.05) is 0 Å². The third-order valence-corrected chi connectivity index (χ3v) is 6.23. The zero-order chi connectivity index (χ0) is 17.2. The molecule has 128 valence electrons. The van der Waals surface area contributed by atoms with Crippen molar-refractivity contribution in [3.05, 3.63) is 53.6 Å². The quantitative estimate of drug-likeness (QED) is 0.870. The average Bonchev–Trinajstić information content (AvgIpc) is 2.57. The van der Waals surface area contributed by atoms with Crippen molar-refractivity contribution in [3.63, 3.8) is 0 Å². The van der Waals surface area contributed by atoms with Gasteiger partial charge in [0.25, 0.3) is 0 Å². The molecule has 1 fully saturated rings. The van der Waals surface area contributed by atoms with Crippen molar-refractivity contribution in [2.45, 2.75) is 42.7 Å². The number of hydrogen-bond acceptors (Lipinski definition) is 3. The number of hydrogen-bond donors (Lipinski definition) is 2.